The normalized spacial score (nSPS) is 16.4. The number of benzene rings is 3. The van der Waals surface area contributed by atoms with Crippen LogP contribution >= 0.6 is 11.3 Å². The minimum absolute atomic E-state index is 0.0261. The quantitative estimate of drug-likeness (QED) is 0.0731. The Balaban J connectivity index is 0.816. The molecule has 2 atom stereocenters. The number of imide groups is 2. The van der Waals surface area contributed by atoms with Gasteiger partial charge < -0.3 is 29.5 Å². The standard InChI is InChI=1S/C41H37FN6O10S/c42-26-6-10-32(49)30(21-26)35(37(52)46-41-44-13-20-59-41)47-23-25-4-1-3-24(34(25)40(47)55)5-2-14-56-16-18-58-19-17-57-15-12-43-27-7-8-28-29(22-27)39(54)48(38(28)53)31-9-11-33(50)45-36(31)51/h1,3-4,6-8,10,13,20-22,31,35,43,49H,9,11-12,14-19,23H2,(H,44,46,52)(H,45,50,51). The van der Waals surface area contributed by atoms with Crippen molar-refractivity contribution in [3.63, 3.8) is 0 Å². The van der Waals surface area contributed by atoms with Crippen LogP contribution in [0.15, 0.2) is 66.2 Å². The van der Waals surface area contributed by atoms with Crippen LogP contribution < -0.4 is 16.0 Å². The molecule has 0 spiro atoms. The maximum Gasteiger partial charge on any atom is 0.262 e. The molecule has 18 heteroatoms. The molecule has 3 aliphatic heterocycles. The van der Waals surface area contributed by atoms with Crippen molar-refractivity contribution in [2.45, 2.75) is 31.5 Å². The number of aromatic nitrogens is 1. The minimum atomic E-state index is -1.36. The van der Waals surface area contributed by atoms with Gasteiger partial charge in [-0.25, -0.2) is 9.37 Å². The van der Waals surface area contributed by atoms with Crippen LogP contribution in [0.4, 0.5) is 15.2 Å². The van der Waals surface area contributed by atoms with Crippen LogP contribution in [0.5, 0.6) is 5.75 Å². The molecule has 16 nitrogen and oxygen atoms in total. The fraction of sp³-hybridized carbons (Fsp3) is 0.293. The van der Waals surface area contributed by atoms with Gasteiger partial charge in [-0.15, -0.1) is 11.3 Å². The van der Waals surface area contributed by atoms with Gasteiger partial charge in [-0.2, -0.15) is 0 Å². The average molecular weight is 825 g/mol. The van der Waals surface area contributed by atoms with E-state index in [1.807, 2.05) is 0 Å². The summed E-state index contributed by atoms with van der Waals surface area (Å²) in [5, 5.41) is 20.5. The predicted octanol–water partition coefficient (Wildman–Crippen LogP) is 3.24. The number of phenols is 1. The molecule has 3 aromatic carbocycles. The monoisotopic (exact) mass is 824 g/mol. The zero-order chi connectivity index (χ0) is 41.5. The van der Waals surface area contributed by atoms with Crippen molar-refractivity contribution in [2.75, 3.05) is 56.8 Å². The number of nitrogens with zero attached hydrogens (tertiary/aromatic N) is 3. The maximum atomic E-state index is 14.3. The molecule has 4 heterocycles. The number of thiazole rings is 1. The summed E-state index contributed by atoms with van der Waals surface area (Å²) in [7, 11) is 0. The molecule has 3 aliphatic rings. The van der Waals surface area contributed by atoms with Crippen LogP contribution in [0, 0.1) is 17.7 Å². The summed E-state index contributed by atoms with van der Waals surface area (Å²) >= 11 is 1.17. The van der Waals surface area contributed by atoms with Crippen LogP contribution in [0.3, 0.4) is 0 Å². The summed E-state index contributed by atoms with van der Waals surface area (Å²) in [6, 6.07) is 10.8. The third-order valence-corrected chi connectivity index (χ3v) is 10.3. The van der Waals surface area contributed by atoms with Gasteiger partial charge in [0.1, 0.15) is 30.3 Å². The lowest BCUT2D eigenvalue weighted by atomic mass is 10.0. The second kappa shape index (κ2) is 18.4. The van der Waals surface area contributed by atoms with Gasteiger partial charge >= 0.3 is 0 Å². The highest BCUT2D eigenvalue weighted by atomic mass is 32.1. The largest absolute Gasteiger partial charge is 0.508 e. The molecule has 0 aliphatic carbocycles. The van der Waals surface area contributed by atoms with E-state index >= 15 is 0 Å². The first-order valence-electron chi connectivity index (χ1n) is 18.5. The Morgan fingerprint density at radius 3 is 2.53 bits per heavy atom. The third kappa shape index (κ3) is 9.13. The van der Waals surface area contributed by atoms with Gasteiger partial charge in [0.2, 0.25) is 11.8 Å². The average Bonchev–Trinajstić information content (AvgIpc) is 3.92. The Morgan fingerprint density at radius 1 is 0.966 bits per heavy atom. The SMILES string of the molecule is O=C1CCC(N2C(=O)c3ccc(NCCOCCOCCOCC#Cc4cccc5c4C(=O)N(C(C(=O)Nc4nccs4)c4cc(F)ccc4O)C5)cc3C2=O)C(=O)N1. The van der Waals surface area contributed by atoms with Crippen molar-refractivity contribution < 1.29 is 52.5 Å². The first kappa shape index (κ1) is 40.7. The lowest BCUT2D eigenvalue weighted by Crippen LogP contribution is -2.54. The van der Waals surface area contributed by atoms with Crippen LogP contribution in [0.2, 0.25) is 0 Å². The van der Waals surface area contributed by atoms with E-state index in [0.29, 0.717) is 48.7 Å². The number of piperidine rings is 1. The lowest BCUT2D eigenvalue weighted by molar-refractivity contribution is -0.136. The highest BCUT2D eigenvalue weighted by Gasteiger charge is 2.45. The zero-order valence-electron chi connectivity index (χ0n) is 31.3. The van der Waals surface area contributed by atoms with E-state index in [2.05, 4.69) is 32.8 Å². The fourth-order valence-corrected chi connectivity index (χ4v) is 7.42. The molecular weight excluding hydrogens is 788 g/mol. The molecule has 1 aromatic heterocycles. The number of phenolic OH excluding ortho intramolecular Hbond substituents is 1. The van der Waals surface area contributed by atoms with E-state index in [9.17, 15) is 38.3 Å². The van der Waals surface area contributed by atoms with Gasteiger partial charge in [0.15, 0.2) is 5.13 Å². The van der Waals surface area contributed by atoms with Gasteiger partial charge in [0, 0.05) is 47.9 Å². The first-order valence-corrected chi connectivity index (χ1v) is 19.4. The highest BCUT2D eigenvalue weighted by molar-refractivity contribution is 7.13. The molecule has 0 saturated carbocycles. The maximum absolute atomic E-state index is 14.3. The summed E-state index contributed by atoms with van der Waals surface area (Å²) in [6.45, 7) is 1.99. The number of carbonyl (C=O) groups is 6. The van der Waals surface area contributed by atoms with E-state index in [1.54, 1.807) is 35.7 Å². The van der Waals surface area contributed by atoms with Crippen LogP contribution in [-0.2, 0) is 35.1 Å². The summed E-state index contributed by atoms with van der Waals surface area (Å²) in [5.41, 5.74) is 2.27. The van der Waals surface area contributed by atoms with Crippen molar-refractivity contribution in [1.82, 2.24) is 20.1 Å². The molecule has 1 saturated heterocycles. The first-order chi connectivity index (χ1) is 28.6. The number of halogens is 1. The van der Waals surface area contributed by atoms with E-state index in [-0.39, 0.29) is 66.8 Å². The van der Waals surface area contributed by atoms with Crippen LogP contribution in [-0.4, -0.2) is 108 Å². The Labute approximate surface area is 340 Å². The second-order valence-corrected chi connectivity index (χ2v) is 14.3. The number of amides is 6. The van der Waals surface area contributed by atoms with Gasteiger partial charge in [0.25, 0.3) is 23.6 Å². The van der Waals surface area contributed by atoms with E-state index in [0.717, 1.165) is 23.1 Å². The van der Waals surface area contributed by atoms with E-state index in [1.165, 1.54) is 28.5 Å². The molecule has 1 fully saturated rings. The molecule has 7 rings (SSSR count). The van der Waals surface area contributed by atoms with Crippen molar-refractivity contribution in [1.29, 1.82) is 0 Å². The zero-order valence-corrected chi connectivity index (χ0v) is 32.1. The second-order valence-electron chi connectivity index (χ2n) is 13.4. The van der Waals surface area contributed by atoms with Crippen LogP contribution in [0.1, 0.15) is 66.6 Å². The van der Waals surface area contributed by atoms with Crippen molar-refractivity contribution in [2.24, 2.45) is 0 Å². The predicted molar refractivity (Wildman–Crippen MR) is 209 cm³/mol. The number of hydrogen-bond donors (Lipinski definition) is 4. The van der Waals surface area contributed by atoms with Crippen LogP contribution in [0.25, 0.3) is 0 Å². The summed E-state index contributed by atoms with van der Waals surface area (Å²) in [5.74, 6) is 1.45. The smallest absolute Gasteiger partial charge is 0.262 e. The molecule has 0 bridgehead atoms. The molecule has 304 valence electrons. The highest BCUT2D eigenvalue weighted by Crippen LogP contribution is 2.37. The van der Waals surface area contributed by atoms with Gasteiger partial charge in [0.05, 0.1) is 49.7 Å². The number of ether oxygens (including phenoxy) is 3. The van der Waals surface area contributed by atoms with Gasteiger partial charge in [-0.1, -0.05) is 24.0 Å². The molecule has 4 N–H and O–H groups in total. The number of rotatable bonds is 16. The molecule has 6 amide bonds. The molecule has 2 unspecified atom stereocenters. The Kier molecular flexibility index (Phi) is 12.7. The van der Waals surface area contributed by atoms with E-state index in [4.69, 9.17) is 14.2 Å². The Morgan fingerprint density at radius 2 is 1.75 bits per heavy atom. The number of nitrogens with one attached hydrogen (secondary N) is 3. The lowest BCUT2D eigenvalue weighted by Gasteiger charge is -2.27. The summed E-state index contributed by atoms with van der Waals surface area (Å²) in [4.78, 5) is 83.3. The summed E-state index contributed by atoms with van der Waals surface area (Å²) < 4.78 is 31.1. The van der Waals surface area contributed by atoms with Gasteiger partial charge in [-0.05, 0) is 54.4 Å². The van der Waals surface area contributed by atoms with E-state index < -0.39 is 53.3 Å². The number of anilines is 2. The fourth-order valence-electron chi connectivity index (χ4n) is 6.89. The van der Waals surface area contributed by atoms with Crippen molar-refractivity contribution >= 4 is 57.6 Å². The van der Waals surface area contributed by atoms with Crippen molar-refractivity contribution in [3.8, 4) is 17.6 Å². The molecule has 59 heavy (non-hydrogen) atoms. The molecule has 4 aromatic rings. The molecule has 0 radical (unpaired) electrons. The summed E-state index contributed by atoms with van der Waals surface area (Å²) in [6.07, 6.45) is 1.64. The number of aromatic hydroxyl groups is 1. The molecular formula is C41H37FN6O10S. The third-order valence-electron chi connectivity index (χ3n) is 9.63. The minimum Gasteiger partial charge on any atom is -0.508 e. The Hall–Kier alpha value is -6.52. The van der Waals surface area contributed by atoms with Crippen molar-refractivity contribution in [3.05, 3.63) is 105 Å². The Bertz CT molecular complexity index is 2360. The van der Waals surface area contributed by atoms with Gasteiger partial charge in [-0.3, -0.25) is 44.3 Å². The topological polar surface area (TPSA) is 206 Å². The number of fused-ring (bicyclic) bond motifs is 2. The number of carbonyl (C=O) groups excluding carboxylic acids is 6. The number of hydrogen-bond acceptors (Lipinski definition) is 13.